The predicted octanol–water partition coefficient (Wildman–Crippen LogP) is 1.02. The lowest BCUT2D eigenvalue weighted by atomic mass is 10.2. The minimum absolute atomic E-state index is 0.154. The quantitative estimate of drug-likeness (QED) is 0.361. The number of nitrogens with two attached hydrogens (primary N) is 1. The summed E-state index contributed by atoms with van der Waals surface area (Å²) in [6.45, 7) is 1.57. The van der Waals surface area contributed by atoms with Gasteiger partial charge in [0.05, 0.1) is 11.0 Å². The standard InChI is InChI=1S/C10H11F2N3O4/c1-2-8(10(16)14-13)19-9-4-5(11)7(15(17)18)3-6(9)12/h3-4,8H,2,13H2,1H3,(H,14,16). The maximum Gasteiger partial charge on any atom is 0.307 e. The van der Waals surface area contributed by atoms with Crippen LogP contribution in [-0.4, -0.2) is 16.9 Å². The van der Waals surface area contributed by atoms with Gasteiger partial charge in [-0.1, -0.05) is 6.92 Å². The predicted molar refractivity (Wildman–Crippen MR) is 60.0 cm³/mol. The van der Waals surface area contributed by atoms with Crippen LogP contribution < -0.4 is 16.0 Å². The molecule has 7 nitrogen and oxygen atoms in total. The van der Waals surface area contributed by atoms with Gasteiger partial charge in [-0.15, -0.1) is 0 Å². The van der Waals surface area contributed by atoms with Gasteiger partial charge < -0.3 is 4.74 Å². The molecule has 0 aliphatic heterocycles. The molecular formula is C10H11F2N3O4. The normalized spacial score (nSPS) is 11.8. The number of nitro groups is 1. The number of benzene rings is 1. The Morgan fingerprint density at radius 1 is 1.53 bits per heavy atom. The molecule has 0 spiro atoms. The zero-order valence-corrected chi connectivity index (χ0v) is 9.85. The van der Waals surface area contributed by atoms with E-state index in [9.17, 15) is 23.7 Å². The summed E-state index contributed by atoms with van der Waals surface area (Å²) in [5.41, 5.74) is 0.799. The van der Waals surface area contributed by atoms with Crippen molar-refractivity contribution < 1.29 is 23.2 Å². The van der Waals surface area contributed by atoms with Crippen molar-refractivity contribution in [3.05, 3.63) is 33.9 Å². The van der Waals surface area contributed by atoms with E-state index in [-0.39, 0.29) is 6.42 Å². The molecule has 1 atom stereocenters. The molecule has 0 bridgehead atoms. The fourth-order valence-electron chi connectivity index (χ4n) is 1.32. The van der Waals surface area contributed by atoms with Crippen LogP contribution >= 0.6 is 0 Å². The van der Waals surface area contributed by atoms with Crippen LogP contribution in [0.5, 0.6) is 5.75 Å². The highest BCUT2D eigenvalue weighted by Crippen LogP contribution is 2.27. The van der Waals surface area contributed by atoms with Crippen molar-refractivity contribution in [3.63, 3.8) is 0 Å². The Hall–Kier alpha value is -2.29. The van der Waals surface area contributed by atoms with E-state index in [2.05, 4.69) is 0 Å². The molecule has 19 heavy (non-hydrogen) atoms. The zero-order valence-electron chi connectivity index (χ0n) is 9.85. The van der Waals surface area contributed by atoms with Gasteiger partial charge in [-0.05, 0) is 6.42 Å². The largest absolute Gasteiger partial charge is 0.477 e. The number of amides is 1. The molecule has 0 saturated carbocycles. The average Bonchev–Trinajstić information content (AvgIpc) is 2.37. The molecule has 0 aliphatic carbocycles. The number of nitrogens with zero attached hydrogens (tertiary/aromatic N) is 1. The van der Waals surface area contributed by atoms with Gasteiger partial charge in [-0.2, -0.15) is 4.39 Å². The van der Waals surface area contributed by atoms with Gasteiger partial charge in [-0.25, -0.2) is 10.2 Å². The van der Waals surface area contributed by atoms with Crippen molar-refractivity contribution in [2.75, 3.05) is 0 Å². The van der Waals surface area contributed by atoms with E-state index in [1.54, 1.807) is 6.92 Å². The van der Waals surface area contributed by atoms with Crippen LogP contribution in [0.1, 0.15) is 13.3 Å². The Morgan fingerprint density at radius 2 is 2.16 bits per heavy atom. The van der Waals surface area contributed by atoms with E-state index in [0.717, 1.165) is 0 Å². The van der Waals surface area contributed by atoms with Gasteiger partial charge >= 0.3 is 5.69 Å². The first-order valence-corrected chi connectivity index (χ1v) is 5.21. The number of carbonyl (C=O) groups excluding carboxylic acids is 1. The van der Waals surface area contributed by atoms with E-state index < -0.39 is 40.0 Å². The lowest BCUT2D eigenvalue weighted by Gasteiger charge is -2.16. The van der Waals surface area contributed by atoms with Crippen LogP contribution in [0.2, 0.25) is 0 Å². The second-order valence-corrected chi connectivity index (χ2v) is 3.51. The lowest BCUT2D eigenvalue weighted by molar-refractivity contribution is -0.387. The molecule has 1 aromatic rings. The molecule has 104 valence electrons. The second kappa shape index (κ2) is 6.05. The van der Waals surface area contributed by atoms with Gasteiger partial charge in [0.2, 0.25) is 5.82 Å². The van der Waals surface area contributed by atoms with Crippen molar-refractivity contribution in [1.29, 1.82) is 0 Å². The van der Waals surface area contributed by atoms with Crippen LogP contribution in [0, 0.1) is 21.7 Å². The third-order valence-electron chi connectivity index (χ3n) is 2.27. The number of hydrogen-bond donors (Lipinski definition) is 2. The first kappa shape index (κ1) is 14.8. The van der Waals surface area contributed by atoms with Crippen LogP contribution in [0.4, 0.5) is 14.5 Å². The van der Waals surface area contributed by atoms with Crippen molar-refractivity contribution in [2.45, 2.75) is 19.4 Å². The molecule has 0 aliphatic rings. The summed E-state index contributed by atoms with van der Waals surface area (Å²) in [5, 5.41) is 10.4. The van der Waals surface area contributed by atoms with E-state index in [0.29, 0.717) is 12.1 Å². The van der Waals surface area contributed by atoms with E-state index >= 15 is 0 Å². The summed E-state index contributed by atoms with van der Waals surface area (Å²) < 4.78 is 31.7. The van der Waals surface area contributed by atoms with Crippen LogP contribution in [0.3, 0.4) is 0 Å². The number of ether oxygens (including phenoxy) is 1. The van der Waals surface area contributed by atoms with Gasteiger partial charge in [0.1, 0.15) is 0 Å². The highest BCUT2D eigenvalue weighted by Gasteiger charge is 2.23. The average molecular weight is 275 g/mol. The van der Waals surface area contributed by atoms with Crippen molar-refractivity contribution >= 4 is 11.6 Å². The minimum Gasteiger partial charge on any atom is -0.477 e. The Labute approximate surface area is 106 Å². The lowest BCUT2D eigenvalue weighted by Crippen LogP contribution is -2.41. The highest BCUT2D eigenvalue weighted by molar-refractivity contribution is 5.80. The van der Waals surface area contributed by atoms with Gasteiger partial charge in [0.25, 0.3) is 5.91 Å². The third kappa shape index (κ3) is 3.35. The van der Waals surface area contributed by atoms with Crippen molar-refractivity contribution in [1.82, 2.24) is 5.43 Å². The third-order valence-corrected chi connectivity index (χ3v) is 2.27. The number of carbonyl (C=O) groups is 1. The molecule has 0 fully saturated rings. The summed E-state index contributed by atoms with van der Waals surface area (Å²) in [4.78, 5) is 20.6. The summed E-state index contributed by atoms with van der Waals surface area (Å²) >= 11 is 0. The molecule has 0 heterocycles. The maximum atomic E-state index is 13.5. The Bertz CT molecular complexity index is 510. The smallest absolute Gasteiger partial charge is 0.307 e. The van der Waals surface area contributed by atoms with E-state index in [1.807, 2.05) is 5.43 Å². The number of nitro benzene ring substituents is 1. The Balaban J connectivity index is 3.05. The van der Waals surface area contributed by atoms with Gasteiger partial charge in [0, 0.05) is 6.07 Å². The summed E-state index contributed by atoms with van der Waals surface area (Å²) in [6, 6.07) is 0.900. The molecule has 1 rings (SSSR count). The topological polar surface area (TPSA) is 107 Å². The minimum atomic E-state index is -1.26. The fourth-order valence-corrected chi connectivity index (χ4v) is 1.32. The number of rotatable bonds is 5. The zero-order chi connectivity index (χ0) is 14.6. The van der Waals surface area contributed by atoms with Crippen LogP contribution in [0.15, 0.2) is 12.1 Å². The number of hydrogen-bond acceptors (Lipinski definition) is 5. The molecule has 1 unspecified atom stereocenters. The van der Waals surface area contributed by atoms with Crippen LogP contribution in [-0.2, 0) is 4.79 Å². The molecule has 1 amide bonds. The maximum absolute atomic E-state index is 13.5. The Kier molecular flexibility index (Phi) is 4.70. The van der Waals surface area contributed by atoms with Gasteiger partial charge in [-0.3, -0.25) is 20.3 Å². The molecule has 3 N–H and O–H groups in total. The Morgan fingerprint density at radius 3 is 2.63 bits per heavy atom. The summed E-state index contributed by atoms with van der Waals surface area (Å²) in [5.74, 6) is 1.18. The molecule has 0 radical (unpaired) electrons. The van der Waals surface area contributed by atoms with Crippen LogP contribution in [0.25, 0.3) is 0 Å². The molecule has 0 saturated heterocycles. The molecular weight excluding hydrogens is 264 g/mol. The van der Waals surface area contributed by atoms with Gasteiger partial charge in [0.15, 0.2) is 17.7 Å². The SMILES string of the molecule is CCC(Oc1cc(F)c([N+](=O)[O-])cc1F)C(=O)NN. The first-order chi connectivity index (χ1) is 8.90. The van der Waals surface area contributed by atoms with Crippen molar-refractivity contribution in [2.24, 2.45) is 5.84 Å². The summed E-state index contributed by atoms with van der Waals surface area (Å²) in [6.07, 6.45) is -0.971. The number of hydrazine groups is 1. The summed E-state index contributed by atoms with van der Waals surface area (Å²) in [7, 11) is 0. The highest BCUT2D eigenvalue weighted by atomic mass is 19.1. The number of nitrogens with one attached hydrogen (secondary N) is 1. The molecule has 1 aromatic carbocycles. The fraction of sp³-hybridized carbons (Fsp3) is 0.300. The molecule has 9 heteroatoms. The second-order valence-electron chi connectivity index (χ2n) is 3.51. The first-order valence-electron chi connectivity index (χ1n) is 5.21. The number of halogens is 2. The molecule has 0 aromatic heterocycles. The van der Waals surface area contributed by atoms with Crippen molar-refractivity contribution in [3.8, 4) is 5.75 Å². The monoisotopic (exact) mass is 275 g/mol. The van der Waals surface area contributed by atoms with E-state index in [1.165, 1.54) is 0 Å². The van der Waals surface area contributed by atoms with E-state index in [4.69, 9.17) is 10.6 Å².